The first-order valence-corrected chi connectivity index (χ1v) is 11.8. The number of benzene rings is 1. The lowest BCUT2D eigenvalue weighted by atomic mass is 10.2. The molecule has 1 aromatic carbocycles. The van der Waals surface area contributed by atoms with Crippen LogP contribution in [0.15, 0.2) is 44.4 Å². The molecule has 1 fully saturated rings. The monoisotopic (exact) mass is 491 g/mol. The van der Waals surface area contributed by atoms with Gasteiger partial charge in [-0.15, -0.1) is 11.3 Å². The average molecular weight is 493 g/mol. The van der Waals surface area contributed by atoms with Crippen molar-refractivity contribution >= 4 is 54.8 Å². The summed E-state index contributed by atoms with van der Waals surface area (Å²) in [5.41, 5.74) is 0.866. The lowest BCUT2D eigenvalue weighted by molar-refractivity contribution is -0.122. The number of piperazine rings is 1. The van der Waals surface area contributed by atoms with Gasteiger partial charge in [0.1, 0.15) is 4.21 Å². The highest BCUT2D eigenvalue weighted by Crippen LogP contribution is 2.28. The van der Waals surface area contributed by atoms with Crippen molar-refractivity contribution in [1.82, 2.24) is 14.5 Å². The molecule has 6 nitrogen and oxygen atoms in total. The van der Waals surface area contributed by atoms with Crippen molar-refractivity contribution in [1.29, 1.82) is 0 Å². The normalized spacial score (nSPS) is 16.4. The highest BCUT2D eigenvalue weighted by molar-refractivity contribution is 9.11. The first-order valence-electron chi connectivity index (χ1n) is 8.34. The van der Waals surface area contributed by atoms with Crippen LogP contribution in [0.1, 0.15) is 5.56 Å². The van der Waals surface area contributed by atoms with Crippen molar-refractivity contribution in [2.24, 2.45) is 0 Å². The number of nitrogens with one attached hydrogen (secondary N) is 1. The van der Waals surface area contributed by atoms with Gasteiger partial charge < -0.3 is 5.32 Å². The van der Waals surface area contributed by atoms with E-state index in [1.807, 2.05) is 23.1 Å². The summed E-state index contributed by atoms with van der Waals surface area (Å²) in [6.45, 7) is 2.39. The molecule has 0 spiro atoms. The molecule has 10 heteroatoms. The molecule has 1 saturated heterocycles. The van der Waals surface area contributed by atoms with Gasteiger partial charge in [0.25, 0.3) is 10.0 Å². The Morgan fingerprint density at radius 3 is 2.48 bits per heavy atom. The van der Waals surface area contributed by atoms with E-state index in [0.717, 1.165) is 9.35 Å². The van der Waals surface area contributed by atoms with Crippen molar-refractivity contribution in [2.75, 3.05) is 32.7 Å². The molecule has 1 N–H and O–H groups in total. The molecule has 1 aromatic heterocycles. The molecule has 1 amide bonds. The van der Waals surface area contributed by atoms with Crippen LogP contribution in [0.25, 0.3) is 0 Å². The van der Waals surface area contributed by atoms with E-state index < -0.39 is 10.0 Å². The molecule has 0 radical (unpaired) electrons. The largest absolute Gasteiger partial charge is 0.351 e. The third kappa shape index (κ3) is 5.30. The Kier molecular flexibility index (Phi) is 6.93. The molecule has 0 aliphatic carbocycles. The molecule has 2 heterocycles. The number of rotatable bonds is 6. The Morgan fingerprint density at radius 2 is 1.85 bits per heavy atom. The van der Waals surface area contributed by atoms with Crippen molar-refractivity contribution in [2.45, 2.75) is 10.8 Å². The van der Waals surface area contributed by atoms with Crippen LogP contribution >= 0.6 is 38.9 Å². The number of carbonyl (C=O) groups excluding carboxylic acids is 1. The number of hydrogen-bond acceptors (Lipinski definition) is 5. The van der Waals surface area contributed by atoms with Crippen molar-refractivity contribution in [3.8, 4) is 0 Å². The quantitative estimate of drug-likeness (QED) is 0.673. The maximum absolute atomic E-state index is 12.6. The fourth-order valence-corrected chi connectivity index (χ4v) is 6.58. The van der Waals surface area contributed by atoms with Crippen LogP contribution in [-0.4, -0.2) is 56.3 Å². The van der Waals surface area contributed by atoms with Crippen molar-refractivity contribution < 1.29 is 13.2 Å². The highest BCUT2D eigenvalue weighted by Gasteiger charge is 2.30. The van der Waals surface area contributed by atoms with Crippen LogP contribution in [0.4, 0.5) is 0 Å². The van der Waals surface area contributed by atoms with Gasteiger partial charge in [0.05, 0.1) is 10.3 Å². The van der Waals surface area contributed by atoms with Crippen LogP contribution in [-0.2, 0) is 21.4 Å². The minimum Gasteiger partial charge on any atom is -0.351 e. The summed E-state index contributed by atoms with van der Waals surface area (Å²) < 4.78 is 27.8. The van der Waals surface area contributed by atoms with Gasteiger partial charge in [-0.25, -0.2) is 8.42 Å². The van der Waals surface area contributed by atoms with Gasteiger partial charge in [-0.3, -0.25) is 9.69 Å². The van der Waals surface area contributed by atoms with E-state index in [1.54, 1.807) is 18.2 Å². The molecule has 0 saturated carbocycles. The van der Waals surface area contributed by atoms with E-state index in [4.69, 9.17) is 11.6 Å². The van der Waals surface area contributed by atoms with Gasteiger partial charge in [-0.1, -0.05) is 29.8 Å². The average Bonchev–Trinajstić information content (AvgIpc) is 3.09. The lowest BCUT2D eigenvalue weighted by Crippen LogP contribution is -2.50. The summed E-state index contributed by atoms with van der Waals surface area (Å²) >= 11 is 10.6. The predicted molar refractivity (Wildman–Crippen MR) is 111 cm³/mol. The molecule has 1 aliphatic heterocycles. The van der Waals surface area contributed by atoms with Gasteiger partial charge in [0.2, 0.25) is 5.91 Å². The zero-order valence-electron chi connectivity index (χ0n) is 14.4. The first kappa shape index (κ1) is 20.8. The summed E-state index contributed by atoms with van der Waals surface area (Å²) in [7, 11) is -3.46. The maximum Gasteiger partial charge on any atom is 0.252 e. The Hall–Kier alpha value is -0.970. The fourth-order valence-electron chi connectivity index (χ4n) is 2.79. The second-order valence-electron chi connectivity index (χ2n) is 6.11. The van der Waals surface area contributed by atoms with E-state index in [0.29, 0.717) is 42.0 Å². The van der Waals surface area contributed by atoms with Crippen LogP contribution < -0.4 is 5.32 Å². The number of carbonyl (C=O) groups is 1. The zero-order chi connectivity index (χ0) is 19.4. The predicted octanol–water partition coefficient (Wildman–Crippen LogP) is 2.79. The molecule has 2 aromatic rings. The van der Waals surface area contributed by atoms with Crippen LogP contribution in [0.5, 0.6) is 0 Å². The van der Waals surface area contributed by atoms with Crippen LogP contribution in [0.3, 0.4) is 0 Å². The van der Waals surface area contributed by atoms with Gasteiger partial charge in [0, 0.05) is 37.7 Å². The Morgan fingerprint density at radius 1 is 1.15 bits per heavy atom. The van der Waals surface area contributed by atoms with Crippen LogP contribution in [0.2, 0.25) is 5.02 Å². The van der Waals surface area contributed by atoms with Gasteiger partial charge >= 0.3 is 0 Å². The molecular weight excluding hydrogens is 474 g/mol. The van der Waals surface area contributed by atoms with E-state index >= 15 is 0 Å². The van der Waals surface area contributed by atoms with Crippen LogP contribution in [0, 0.1) is 0 Å². The summed E-state index contributed by atoms with van der Waals surface area (Å²) in [5.74, 6) is -0.103. The number of thiophene rings is 1. The SMILES string of the molecule is O=C(CN1CCN(S(=O)(=O)c2ccc(Br)s2)CC1)NCc1ccccc1Cl. The lowest BCUT2D eigenvalue weighted by Gasteiger charge is -2.33. The number of hydrogen-bond donors (Lipinski definition) is 1. The Balaban J connectivity index is 1.48. The van der Waals surface area contributed by atoms with Gasteiger partial charge in [0.15, 0.2) is 0 Å². The molecule has 0 bridgehead atoms. The summed E-state index contributed by atoms with van der Waals surface area (Å²) in [6.07, 6.45) is 0. The number of sulfonamides is 1. The standard InChI is InChI=1S/C17H19BrClN3O3S2/c18-15-5-6-17(26-15)27(24,25)22-9-7-21(8-10-22)12-16(23)20-11-13-3-1-2-4-14(13)19/h1-6H,7-12H2,(H,20,23). The Labute approximate surface area is 176 Å². The van der Waals surface area contributed by atoms with Gasteiger partial charge in [-0.2, -0.15) is 4.31 Å². The fraction of sp³-hybridized carbons (Fsp3) is 0.353. The topological polar surface area (TPSA) is 69.7 Å². The third-order valence-corrected chi connectivity index (χ3v) is 8.63. The molecule has 1 aliphatic rings. The van der Waals surface area contributed by atoms with E-state index in [-0.39, 0.29) is 12.5 Å². The first-order chi connectivity index (χ1) is 12.9. The smallest absolute Gasteiger partial charge is 0.252 e. The number of amides is 1. The number of halogens is 2. The third-order valence-electron chi connectivity index (χ3n) is 4.28. The van der Waals surface area contributed by atoms with Crippen molar-refractivity contribution in [3.05, 3.63) is 50.8 Å². The van der Waals surface area contributed by atoms with Gasteiger partial charge in [-0.05, 0) is 39.7 Å². The maximum atomic E-state index is 12.6. The number of nitrogens with zero attached hydrogens (tertiary/aromatic N) is 2. The molecular formula is C17H19BrClN3O3S2. The Bertz CT molecular complexity index is 912. The summed E-state index contributed by atoms with van der Waals surface area (Å²) in [6, 6.07) is 10.7. The van der Waals surface area contributed by atoms with E-state index in [1.165, 1.54) is 15.6 Å². The summed E-state index contributed by atoms with van der Waals surface area (Å²) in [5, 5.41) is 3.48. The summed E-state index contributed by atoms with van der Waals surface area (Å²) in [4.78, 5) is 14.1. The molecule has 0 unspecified atom stereocenters. The molecule has 3 rings (SSSR count). The van der Waals surface area contributed by atoms with E-state index in [9.17, 15) is 13.2 Å². The molecule has 0 atom stereocenters. The minimum absolute atomic E-state index is 0.103. The second kappa shape index (κ2) is 9.02. The second-order valence-corrected chi connectivity index (χ2v) is 11.1. The van der Waals surface area contributed by atoms with E-state index in [2.05, 4.69) is 21.2 Å². The highest BCUT2D eigenvalue weighted by atomic mass is 79.9. The minimum atomic E-state index is -3.46. The van der Waals surface area contributed by atoms with Crippen molar-refractivity contribution in [3.63, 3.8) is 0 Å². The molecule has 146 valence electrons. The zero-order valence-corrected chi connectivity index (χ0v) is 18.4. The molecule has 27 heavy (non-hydrogen) atoms.